The van der Waals surface area contributed by atoms with Crippen LogP contribution in [0.15, 0.2) is 18.2 Å². The molecule has 3 rings (SSSR count). The van der Waals surface area contributed by atoms with E-state index in [-0.39, 0.29) is 0 Å². The standard InChI is InChI=1S/C12H15ClN2O/c13-9-1-2-11-12(7-9)16-6-3-10-8-14-4-5-15(10)11/h1-2,7,10,14H,3-6,8H2/t10-/m1/s1. The fourth-order valence-corrected chi connectivity index (χ4v) is 2.64. The van der Waals surface area contributed by atoms with Gasteiger partial charge in [0.25, 0.3) is 0 Å². The lowest BCUT2D eigenvalue weighted by Crippen LogP contribution is -2.51. The van der Waals surface area contributed by atoms with Crippen molar-refractivity contribution in [3.8, 4) is 5.75 Å². The van der Waals surface area contributed by atoms with Crippen molar-refractivity contribution in [2.45, 2.75) is 12.5 Å². The van der Waals surface area contributed by atoms with Gasteiger partial charge in [-0.2, -0.15) is 0 Å². The smallest absolute Gasteiger partial charge is 0.144 e. The molecule has 0 unspecified atom stereocenters. The van der Waals surface area contributed by atoms with Gasteiger partial charge in [-0.1, -0.05) is 11.6 Å². The lowest BCUT2D eigenvalue weighted by Gasteiger charge is -2.36. The third-order valence-corrected chi connectivity index (χ3v) is 3.53. The molecule has 0 amide bonds. The van der Waals surface area contributed by atoms with Gasteiger partial charge in [-0.3, -0.25) is 0 Å². The van der Waals surface area contributed by atoms with Crippen molar-refractivity contribution >= 4 is 17.3 Å². The Balaban J connectivity index is 2.00. The second-order valence-corrected chi connectivity index (χ2v) is 4.74. The zero-order chi connectivity index (χ0) is 11.0. The first-order valence-electron chi connectivity index (χ1n) is 5.74. The Morgan fingerprint density at radius 1 is 1.44 bits per heavy atom. The van der Waals surface area contributed by atoms with Crippen molar-refractivity contribution in [2.75, 3.05) is 31.1 Å². The fourth-order valence-electron chi connectivity index (χ4n) is 2.48. The highest BCUT2D eigenvalue weighted by Crippen LogP contribution is 2.35. The molecule has 0 saturated carbocycles. The van der Waals surface area contributed by atoms with Crippen molar-refractivity contribution in [1.82, 2.24) is 5.32 Å². The van der Waals surface area contributed by atoms with Gasteiger partial charge in [-0.05, 0) is 12.1 Å². The van der Waals surface area contributed by atoms with E-state index in [4.69, 9.17) is 16.3 Å². The second kappa shape index (κ2) is 4.15. The van der Waals surface area contributed by atoms with Crippen LogP contribution in [0.1, 0.15) is 6.42 Å². The van der Waals surface area contributed by atoms with Crippen molar-refractivity contribution in [2.24, 2.45) is 0 Å². The summed E-state index contributed by atoms with van der Waals surface area (Å²) in [7, 11) is 0. The van der Waals surface area contributed by atoms with E-state index in [9.17, 15) is 0 Å². The molecule has 0 spiro atoms. The number of piperazine rings is 1. The number of benzene rings is 1. The molecular weight excluding hydrogens is 224 g/mol. The fraction of sp³-hybridized carbons (Fsp3) is 0.500. The minimum atomic E-state index is 0.552. The molecule has 86 valence electrons. The van der Waals surface area contributed by atoms with Crippen molar-refractivity contribution < 1.29 is 4.74 Å². The molecule has 2 aliphatic heterocycles. The number of anilines is 1. The maximum Gasteiger partial charge on any atom is 0.144 e. The van der Waals surface area contributed by atoms with Crippen molar-refractivity contribution in [3.63, 3.8) is 0 Å². The first-order valence-corrected chi connectivity index (χ1v) is 6.12. The Labute approximate surface area is 100 Å². The van der Waals surface area contributed by atoms with Gasteiger partial charge in [0, 0.05) is 43.2 Å². The van der Waals surface area contributed by atoms with Crippen LogP contribution >= 0.6 is 11.6 Å². The molecule has 3 nitrogen and oxygen atoms in total. The largest absolute Gasteiger partial charge is 0.491 e. The van der Waals surface area contributed by atoms with Crippen LogP contribution in [0.2, 0.25) is 5.02 Å². The Morgan fingerprint density at radius 3 is 3.31 bits per heavy atom. The summed E-state index contributed by atoms with van der Waals surface area (Å²) < 4.78 is 5.77. The lowest BCUT2D eigenvalue weighted by molar-refractivity contribution is 0.304. The predicted octanol–water partition coefficient (Wildman–Crippen LogP) is 1.90. The summed E-state index contributed by atoms with van der Waals surface area (Å²) in [6, 6.07) is 6.48. The van der Waals surface area contributed by atoms with E-state index >= 15 is 0 Å². The van der Waals surface area contributed by atoms with Gasteiger partial charge < -0.3 is 15.0 Å². The Bertz CT molecular complexity index is 397. The third-order valence-electron chi connectivity index (χ3n) is 3.29. The summed E-state index contributed by atoms with van der Waals surface area (Å²) in [4.78, 5) is 2.44. The number of ether oxygens (including phenoxy) is 1. The van der Waals surface area contributed by atoms with E-state index in [0.717, 1.165) is 43.4 Å². The molecular formula is C12H15ClN2O. The number of fused-ring (bicyclic) bond motifs is 3. The van der Waals surface area contributed by atoms with E-state index in [2.05, 4.69) is 16.3 Å². The number of nitrogens with one attached hydrogen (secondary N) is 1. The normalized spacial score (nSPS) is 24.1. The topological polar surface area (TPSA) is 24.5 Å². The summed E-state index contributed by atoms with van der Waals surface area (Å²) in [5.74, 6) is 0.928. The molecule has 0 bridgehead atoms. The van der Waals surface area contributed by atoms with Crippen LogP contribution in [0.3, 0.4) is 0 Å². The molecule has 1 atom stereocenters. The number of hydrogen-bond donors (Lipinski definition) is 1. The Morgan fingerprint density at radius 2 is 2.38 bits per heavy atom. The summed E-state index contributed by atoms with van der Waals surface area (Å²) >= 11 is 5.99. The van der Waals surface area contributed by atoms with Crippen molar-refractivity contribution in [1.29, 1.82) is 0 Å². The monoisotopic (exact) mass is 238 g/mol. The van der Waals surface area contributed by atoms with E-state index in [1.165, 1.54) is 5.69 Å². The average Bonchev–Trinajstić information content (AvgIpc) is 2.47. The van der Waals surface area contributed by atoms with Crippen LogP contribution in [-0.4, -0.2) is 32.3 Å². The molecule has 1 aromatic carbocycles. The average molecular weight is 239 g/mol. The quantitative estimate of drug-likeness (QED) is 0.747. The van der Waals surface area contributed by atoms with Gasteiger partial charge in [0.15, 0.2) is 0 Å². The van der Waals surface area contributed by atoms with Crippen LogP contribution in [0.4, 0.5) is 5.69 Å². The van der Waals surface area contributed by atoms with E-state index < -0.39 is 0 Å². The second-order valence-electron chi connectivity index (χ2n) is 4.30. The van der Waals surface area contributed by atoms with E-state index in [1.54, 1.807) is 0 Å². The first kappa shape index (κ1) is 10.2. The highest BCUT2D eigenvalue weighted by molar-refractivity contribution is 6.30. The van der Waals surface area contributed by atoms with Gasteiger partial charge >= 0.3 is 0 Å². The Kier molecular flexibility index (Phi) is 2.65. The summed E-state index contributed by atoms with van der Waals surface area (Å²) in [5, 5.41) is 4.17. The molecule has 2 aliphatic rings. The SMILES string of the molecule is Clc1ccc2c(c1)OCC[C@@H]1CNCCN21. The molecule has 0 aliphatic carbocycles. The molecule has 1 aromatic rings. The lowest BCUT2D eigenvalue weighted by atomic mass is 10.1. The highest BCUT2D eigenvalue weighted by atomic mass is 35.5. The predicted molar refractivity (Wildman–Crippen MR) is 65.6 cm³/mol. The van der Waals surface area contributed by atoms with Crippen LogP contribution in [0.5, 0.6) is 5.75 Å². The summed E-state index contributed by atoms with van der Waals surface area (Å²) in [6.07, 6.45) is 1.07. The first-order chi connectivity index (χ1) is 7.84. The number of rotatable bonds is 0. The van der Waals surface area contributed by atoms with E-state index in [1.807, 2.05) is 12.1 Å². The molecule has 4 heteroatoms. The van der Waals surface area contributed by atoms with Crippen molar-refractivity contribution in [3.05, 3.63) is 23.2 Å². The number of nitrogens with zero attached hydrogens (tertiary/aromatic N) is 1. The van der Waals surface area contributed by atoms with Gasteiger partial charge in [0.05, 0.1) is 12.3 Å². The van der Waals surface area contributed by atoms with E-state index in [0.29, 0.717) is 6.04 Å². The minimum absolute atomic E-state index is 0.552. The summed E-state index contributed by atoms with van der Waals surface area (Å²) in [5.41, 5.74) is 1.19. The highest BCUT2D eigenvalue weighted by Gasteiger charge is 2.27. The van der Waals surface area contributed by atoms with Gasteiger partial charge in [0.2, 0.25) is 0 Å². The molecule has 1 saturated heterocycles. The summed E-state index contributed by atoms with van der Waals surface area (Å²) in [6.45, 7) is 3.91. The molecule has 0 radical (unpaired) electrons. The third kappa shape index (κ3) is 1.74. The van der Waals surface area contributed by atoms with Gasteiger partial charge in [-0.25, -0.2) is 0 Å². The van der Waals surface area contributed by atoms with Gasteiger partial charge in [-0.15, -0.1) is 0 Å². The number of hydrogen-bond acceptors (Lipinski definition) is 3. The molecule has 0 aromatic heterocycles. The maximum atomic E-state index is 5.99. The zero-order valence-corrected chi connectivity index (χ0v) is 9.83. The van der Waals surface area contributed by atoms with Gasteiger partial charge in [0.1, 0.15) is 5.75 Å². The van der Waals surface area contributed by atoms with Crippen LogP contribution in [0.25, 0.3) is 0 Å². The van der Waals surface area contributed by atoms with Crippen LogP contribution in [0, 0.1) is 0 Å². The Hall–Kier alpha value is -0.930. The van der Waals surface area contributed by atoms with Crippen LogP contribution in [-0.2, 0) is 0 Å². The zero-order valence-electron chi connectivity index (χ0n) is 9.08. The van der Waals surface area contributed by atoms with Crippen LogP contribution < -0.4 is 15.0 Å². The molecule has 2 heterocycles. The minimum Gasteiger partial charge on any atom is -0.491 e. The molecule has 1 fully saturated rings. The maximum absolute atomic E-state index is 5.99. The molecule has 16 heavy (non-hydrogen) atoms. The molecule has 1 N–H and O–H groups in total. The number of halogens is 1.